The summed E-state index contributed by atoms with van der Waals surface area (Å²) in [5.74, 6) is 0. The number of pyridine rings is 1. The van der Waals surface area contributed by atoms with Gasteiger partial charge in [-0.1, -0.05) is 97.1 Å². The van der Waals surface area contributed by atoms with Crippen molar-refractivity contribution in [2.75, 3.05) is 0 Å². The van der Waals surface area contributed by atoms with Crippen LogP contribution < -0.4 is 0 Å². The zero-order valence-corrected chi connectivity index (χ0v) is 20.3. The lowest BCUT2D eigenvalue weighted by Crippen LogP contribution is -2.01. The smallest absolute Gasteiger partial charge is 0.164 e. The van der Waals surface area contributed by atoms with Gasteiger partial charge in [-0.3, -0.25) is 0 Å². The first-order valence-electron chi connectivity index (χ1n) is 12.4. The average molecular weight is 488 g/mol. The molecule has 0 amide bonds. The molecule has 178 valence electrons. The van der Waals surface area contributed by atoms with Gasteiger partial charge in [-0.15, -0.1) is 0 Å². The number of H-pyrrole nitrogens is 1. The summed E-state index contributed by atoms with van der Waals surface area (Å²) >= 11 is 0. The number of hydrogen-bond donors (Lipinski definition) is 1. The summed E-state index contributed by atoms with van der Waals surface area (Å²) in [4.78, 5) is 8.56. The summed E-state index contributed by atoms with van der Waals surface area (Å²) in [5, 5.41) is 17.7. The zero-order valence-electron chi connectivity index (χ0n) is 20.3. The molecule has 5 heteroatoms. The molecule has 5 nitrogen and oxygen atoms in total. The number of para-hydroxylation sites is 2. The van der Waals surface area contributed by atoms with Crippen LogP contribution >= 0.6 is 0 Å². The molecule has 0 fully saturated rings. The maximum absolute atomic E-state index is 10.6. The van der Waals surface area contributed by atoms with Gasteiger partial charge in [0.1, 0.15) is 11.8 Å². The summed E-state index contributed by atoms with van der Waals surface area (Å²) in [5.41, 5.74) is 8.19. The fourth-order valence-electron chi connectivity index (χ4n) is 5.16. The van der Waals surface area contributed by atoms with Crippen LogP contribution in [0.25, 0.3) is 61.3 Å². The summed E-state index contributed by atoms with van der Waals surface area (Å²) in [7, 11) is 0. The number of hydrogen-bond acceptors (Lipinski definition) is 3. The number of nitrogens with zero attached hydrogens (tertiary/aromatic N) is 4. The van der Waals surface area contributed by atoms with E-state index in [4.69, 9.17) is 10.1 Å². The predicted octanol–water partition coefficient (Wildman–Crippen LogP) is 7.77. The van der Waals surface area contributed by atoms with Gasteiger partial charge in [-0.25, -0.2) is 9.67 Å². The second-order valence-electron chi connectivity index (χ2n) is 9.10. The Hall–Kier alpha value is -5.47. The van der Waals surface area contributed by atoms with E-state index in [1.165, 1.54) is 0 Å². The standard InChI is InChI=1S/C33H21N5/c34-20-26-29(27-21-35-28-19-11-10-18-25(27)28)30-32(23-14-6-2-7-15-23)37-38(24-16-8-3-9-17-24)33(30)36-31(26)22-12-4-1-5-13-22/h1-19,21,35H. The molecule has 0 aliphatic rings. The topological polar surface area (TPSA) is 70.3 Å². The average Bonchev–Trinajstić information content (AvgIpc) is 3.59. The molecular weight excluding hydrogens is 466 g/mol. The number of rotatable bonds is 4. The van der Waals surface area contributed by atoms with Crippen molar-refractivity contribution >= 4 is 21.9 Å². The molecule has 0 aliphatic heterocycles. The molecule has 7 aromatic rings. The van der Waals surface area contributed by atoms with E-state index in [-0.39, 0.29) is 0 Å². The van der Waals surface area contributed by atoms with E-state index in [1.54, 1.807) is 0 Å². The van der Waals surface area contributed by atoms with Gasteiger partial charge in [0, 0.05) is 39.4 Å². The van der Waals surface area contributed by atoms with Crippen LogP contribution in [0.5, 0.6) is 0 Å². The van der Waals surface area contributed by atoms with Gasteiger partial charge in [0.25, 0.3) is 0 Å². The maximum atomic E-state index is 10.6. The van der Waals surface area contributed by atoms with E-state index in [1.807, 2.05) is 120 Å². The van der Waals surface area contributed by atoms with Crippen LogP contribution in [0.4, 0.5) is 0 Å². The lowest BCUT2D eigenvalue weighted by Gasteiger charge is -2.13. The van der Waals surface area contributed by atoms with Crippen molar-refractivity contribution in [2.45, 2.75) is 0 Å². The van der Waals surface area contributed by atoms with Gasteiger partial charge < -0.3 is 4.98 Å². The first-order chi connectivity index (χ1) is 18.8. The Morgan fingerprint density at radius 3 is 1.97 bits per heavy atom. The fraction of sp³-hybridized carbons (Fsp3) is 0. The number of aromatic amines is 1. The maximum Gasteiger partial charge on any atom is 0.164 e. The molecule has 3 aromatic heterocycles. The number of nitriles is 1. The lowest BCUT2D eigenvalue weighted by molar-refractivity contribution is 0.901. The molecule has 0 atom stereocenters. The van der Waals surface area contributed by atoms with Crippen LogP contribution in [0, 0.1) is 11.3 Å². The van der Waals surface area contributed by atoms with Crippen LogP contribution in [0.1, 0.15) is 5.56 Å². The quantitative estimate of drug-likeness (QED) is 0.276. The van der Waals surface area contributed by atoms with Gasteiger partial charge in [-0.2, -0.15) is 10.4 Å². The van der Waals surface area contributed by atoms with E-state index < -0.39 is 0 Å². The summed E-state index contributed by atoms with van der Waals surface area (Å²) < 4.78 is 1.89. The molecule has 0 spiro atoms. The second-order valence-corrected chi connectivity index (χ2v) is 9.10. The number of benzene rings is 4. The van der Waals surface area contributed by atoms with E-state index in [0.29, 0.717) is 16.9 Å². The highest BCUT2D eigenvalue weighted by Gasteiger charge is 2.26. The van der Waals surface area contributed by atoms with Gasteiger partial charge in [-0.05, 0) is 18.2 Å². The van der Waals surface area contributed by atoms with Gasteiger partial charge in [0.15, 0.2) is 5.65 Å². The summed E-state index contributed by atoms with van der Waals surface area (Å²) in [6.45, 7) is 0. The molecule has 0 saturated heterocycles. The molecule has 0 radical (unpaired) electrons. The molecule has 1 N–H and O–H groups in total. The van der Waals surface area contributed by atoms with Crippen molar-refractivity contribution in [1.82, 2.24) is 19.7 Å². The SMILES string of the molecule is N#Cc1c(-c2ccccc2)nc2c(c(-c3ccccc3)nn2-c2ccccc2)c1-c1c[nH]c2ccccc12. The van der Waals surface area contributed by atoms with Crippen molar-refractivity contribution in [3.63, 3.8) is 0 Å². The Labute approximate surface area is 219 Å². The third-order valence-corrected chi connectivity index (χ3v) is 6.88. The zero-order chi connectivity index (χ0) is 25.5. The number of fused-ring (bicyclic) bond motifs is 2. The molecule has 38 heavy (non-hydrogen) atoms. The van der Waals surface area contributed by atoms with Crippen LogP contribution in [0.3, 0.4) is 0 Å². The Morgan fingerprint density at radius 2 is 1.29 bits per heavy atom. The lowest BCUT2D eigenvalue weighted by atomic mass is 9.92. The first kappa shape index (κ1) is 21.8. The minimum absolute atomic E-state index is 0.526. The highest BCUT2D eigenvalue weighted by Crippen LogP contribution is 2.43. The third-order valence-electron chi connectivity index (χ3n) is 6.88. The minimum Gasteiger partial charge on any atom is -0.361 e. The van der Waals surface area contributed by atoms with Crippen molar-refractivity contribution < 1.29 is 0 Å². The van der Waals surface area contributed by atoms with Crippen LogP contribution in [-0.4, -0.2) is 19.7 Å². The number of aromatic nitrogens is 4. The molecule has 0 bridgehead atoms. The first-order valence-corrected chi connectivity index (χ1v) is 12.4. The van der Waals surface area contributed by atoms with E-state index in [0.717, 1.165) is 49.9 Å². The van der Waals surface area contributed by atoms with Crippen molar-refractivity contribution in [1.29, 1.82) is 5.26 Å². The van der Waals surface area contributed by atoms with Crippen molar-refractivity contribution in [3.05, 3.63) is 127 Å². The Morgan fingerprint density at radius 1 is 0.684 bits per heavy atom. The van der Waals surface area contributed by atoms with E-state index in [2.05, 4.69) is 17.1 Å². The second kappa shape index (κ2) is 8.88. The fourth-order valence-corrected chi connectivity index (χ4v) is 5.16. The summed E-state index contributed by atoms with van der Waals surface area (Å²) in [6, 6.07) is 40.7. The summed E-state index contributed by atoms with van der Waals surface area (Å²) in [6.07, 6.45) is 1.99. The molecule has 3 heterocycles. The van der Waals surface area contributed by atoms with E-state index >= 15 is 0 Å². The van der Waals surface area contributed by atoms with Crippen LogP contribution in [-0.2, 0) is 0 Å². The van der Waals surface area contributed by atoms with Gasteiger partial charge in [0.2, 0.25) is 0 Å². The molecule has 7 rings (SSSR count). The minimum atomic E-state index is 0.526. The highest BCUT2D eigenvalue weighted by molar-refractivity contribution is 6.12. The van der Waals surface area contributed by atoms with E-state index in [9.17, 15) is 5.26 Å². The monoisotopic (exact) mass is 487 g/mol. The Bertz CT molecular complexity index is 1960. The van der Waals surface area contributed by atoms with Gasteiger partial charge >= 0.3 is 0 Å². The van der Waals surface area contributed by atoms with Crippen LogP contribution in [0.15, 0.2) is 121 Å². The highest BCUT2D eigenvalue weighted by atomic mass is 15.3. The van der Waals surface area contributed by atoms with Gasteiger partial charge in [0.05, 0.1) is 22.3 Å². The Kier molecular flexibility index (Phi) is 5.09. The van der Waals surface area contributed by atoms with Crippen molar-refractivity contribution in [2.24, 2.45) is 0 Å². The largest absolute Gasteiger partial charge is 0.361 e. The Balaban J connectivity index is 1.71. The van der Waals surface area contributed by atoms with Crippen molar-refractivity contribution in [3.8, 4) is 45.4 Å². The predicted molar refractivity (Wildman–Crippen MR) is 152 cm³/mol. The number of nitrogens with one attached hydrogen (secondary N) is 1. The molecule has 0 saturated carbocycles. The molecule has 0 unspecified atom stereocenters. The third kappa shape index (κ3) is 3.40. The molecule has 4 aromatic carbocycles. The van der Waals surface area contributed by atoms with Crippen LogP contribution in [0.2, 0.25) is 0 Å². The molecular formula is C33H21N5. The molecule has 0 aliphatic carbocycles. The normalized spacial score (nSPS) is 11.1.